The van der Waals surface area contributed by atoms with Gasteiger partial charge in [-0.1, -0.05) is 18.7 Å². The summed E-state index contributed by atoms with van der Waals surface area (Å²) >= 11 is 0. The van der Waals surface area contributed by atoms with Crippen LogP contribution in [0.5, 0.6) is 0 Å². The highest BCUT2D eigenvalue weighted by Gasteiger charge is 1.58. The Morgan fingerprint density at radius 3 is 2.62 bits per heavy atom. The van der Waals surface area contributed by atoms with Gasteiger partial charge < -0.3 is 4.74 Å². The maximum Gasteiger partial charge on any atom is 0.0900 e. The van der Waals surface area contributed by atoms with E-state index in [4.69, 9.17) is 0 Å². The van der Waals surface area contributed by atoms with E-state index < -0.39 is 0 Å². The van der Waals surface area contributed by atoms with Crippen LogP contribution >= 0.6 is 0 Å². The molecule has 0 saturated heterocycles. The first-order valence-electron chi connectivity index (χ1n) is 2.46. The van der Waals surface area contributed by atoms with Crippen LogP contribution in [0, 0.1) is 0 Å². The molecule has 1 nitrogen and oxygen atoms in total. The summed E-state index contributed by atoms with van der Waals surface area (Å²) in [7, 11) is 0. The first kappa shape index (κ1) is 7.02. The van der Waals surface area contributed by atoms with Crippen LogP contribution in [0.15, 0.2) is 37.3 Å². The molecule has 0 fully saturated rings. The lowest BCUT2D eigenvalue weighted by Gasteiger charge is -1.81. The van der Waals surface area contributed by atoms with Crippen LogP contribution in [0.4, 0.5) is 0 Å². The molecule has 0 bridgehead atoms. The maximum atomic E-state index is 4.67. The zero-order chi connectivity index (χ0) is 6.24. The van der Waals surface area contributed by atoms with Crippen molar-refractivity contribution in [2.75, 3.05) is 0 Å². The fourth-order valence-electron chi connectivity index (χ4n) is 0.257. The van der Waals surface area contributed by atoms with Gasteiger partial charge in [-0.25, -0.2) is 0 Å². The van der Waals surface area contributed by atoms with Crippen molar-refractivity contribution >= 4 is 0 Å². The number of hydrogen-bond acceptors (Lipinski definition) is 1. The first-order valence-corrected chi connectivity index (χ1v) is 2.46. The van der Waals surface area contributed by atoms with Crippen molar-refractivity contribution in [3.63, 3.8) is 0 Å². The van der Waals surface area contributed by atoms with E-state index in [9.17, 15) is 0 Å². The molecule has 1 heteroatoms. The van der Waals surface area contributed by atoms with Gasteiger partial charge in [-0.15, -0.1) is 0 Å². The fourth-order valence-corrected chi connectivity index (χ4v) is 0.257. The van der Waals surface area contributed by atoms with Crippen LogP contribution < -0.4 is 0 Å². The summed E-state index contributed by atoms with van der Waals surface area (Å²) in [4.78, 5) is 0. The Bertz CT molecular complexity index is 101. The molecule has 0 amide bonds. The molecule has 0 spiro atoms. The van der Waals surface area contributed by atoms with E-state index in [1.165, 1.54) is 6.26 Å². The predicted molar refractivity (Wildman–Crippen MR) is 35.2 cm³/mol. The van der Waals surface area contributed by atoms with E-state index in [-0.39, 0.29) is 0 Å². The van der Waals surface area contributed by atoms with Gasteiger partial charge in [0.15, 0.2) is 0 Å². The normalized spacial score (nSPS) is 10.6. The third-order valence-corrected chi connectivity index (χ3v) is 0.557. The van der Waals surface area contributed by atoms with E-state index in [2.05, 4.69) is 11.3 Å². The van der Waals surface area contributed by atoms with Crippen LogP contribution in [-0.4, -0.2) is 0 Å². The van der Waals surface area contributed by atoms with E-state index in [0.29, 0.717) is 0 Å². The summed E-state index contributed by atoms with van der Waals surface area (Å²) in [6, 6.07) is 0. The molecule has 0 aromatic heterocycles. The standard InChI is InChI=1S/C7H10O/c1-3-5-6-7-8-4-2/h3-7H,2H2,1H3. The summed E-state index contributed by atoms with van der Waals surface area (Å²) in [6.07, 6.45) is 8.53. The average Bonchev–Trinajstić information content (AvgIpc) is 1.81. The van der Waals surface area contributed by atoms with Crippen LogP contribution in [0.1, 0.15) is 6.92 Å². The zero-order valence-electron chi connectivity index (χ0n) is 5.00. The van der Waals surface area contributed by atoms with Crippen LogP contribution in [-0.2, 0) is 4.74 Å². The second-order valence-electron chi connectivity index (χ2n) is 1.16. The minimum absolute atomic E-state index is 1.38. The first-order chi connectivity index (χ1) is 3.91. The smallest absolute Gasteiger partial charge is 0.0900 e. The Kier molecular flexibility index (Phi) is 5.28. The highest BCUT2D eigenvalue weighted by Crippen LogP contribution is 1.78. The predicted octanol–water partition coefficient (Wildman–Crippen LogP) is 2.24. The lowest BCUT2D eigenvalue weighted by atomic mass is 10.5. The molecule has 0 aliphatic heterocycles. The monoisotopic (exact) mass is 110 g/mol. The molecule has 0 saturated carbocycles. The molecule has 0 aliphatic carbocycles. The number of allylic oxidation sites excluding steroid dienone is 3. The molecular formula is C7H10O. The summed E-state index contributed by atoms with van der Waals surface area (Å²) < 4.78 is 4.67. The Morgan fingerprint density at radius 1 is 1.38 bits per heavy atom. The van der Waals surface area contributed by atoms with Gasteiger partial charge in [-0.2, -0.15) is 0 Å². The van der Waals surface area contributed by atoms with Crippen molar-refractivity contribution in [2.45, 2.75) is 6.92 Å². The van der Waals surface area contributed by atoms with Crippen LogP contribution in [0.3, 0.4) is 0 Å². The molecular weight excluding hydrogens is 100 g/mol. The molecule has 0 atom stereocenters. The second-order valence-corrected chi connectivity index (χ2v) is 1.16. The SMILES string of the molecule is C=COC=CC=CC. The van der Waals surface area contributed by atoms with Gasteiger partial charge in [-0.3, -0.25) is 0 Å². The molecule has 0 rings (SSSR count). The summed E-state index contributed by atoms with van der Waals surface area (Å²) in [5.41, 5.74) is 0. The Labute approximate surface area is 50.0 Å². The molecule has 0 N–H and O–H groups in total. The van der Waals surface area contributed by atoms with Gasteiger partial charge in [0.1, 0.15) is 0 Å². The molecule has 0 aliphatic rings. The van der Waals surface area contributed by atoms with Gasteiger partial charge in [0.05, 0.1) is 12.5 Å². The molecule has 0 heterocycles. The quantitative estimate of drug-likeness (QED) is 0.400. The Balaban J connectivity index is 3.19. The highest BCUT2D eigenvalue weighted by atomic mass is 16.5. The van der Waals surface area contributed by atoms with E-state index >= 15 is 0 Å². The van der Waals surface area contributed by atoms with Crippen molar-refractivity contribution in [3.8, 4) is 0 Å². The third-order valence-electron chi connectivity index (χ3n) is 0.557. The minimum atomic E-state index is 1.38. The number of ether oxygens (including phenoxy) is 1. The van der Waals surface area contributed by atoms with Gasteiger partial charge in [0.2, 0.25) is 0 Å². The average molecular weight is 110 g/mol. The lowest BCUT2D eigenvalue weighted by molar-refractivity contribution is 0.405. The summed E-state index contributed by atoms with van der Waals surface area (Å²) in [5.74, 6) is 0. The van der Waals surface area contributed by atoms with Crippen molar-refractivity contribution in [1.82, 2.24) is 0 Å². The molecule has 44 valence electrons. The number of rotatable bonds is 3. The molecule has 0 radical (unpaired) electrons. The second kappa shape index (κ2) is 6.02. The molecule has 8 heavy (non-hydrogen) atoms. The Hall–Kier alpha value is -0.980. The van der Waals surface area contributed by atoms with Crippen LogP contribution in [0.25, 0.3) is 0 Å². The van der Waals surface area contributed by atoms with Crippen LogP contribution in [0.2, 0.25) is 0 Å². The van der Waals surface area contributed by atoms with E-state index in [0.717, 1.165) is 0 Å². The van der Waals surface area contributed by atoms with E-state index in [1.54, 1.807) is 12.3 Å². The van der Waals surface area contributed by atoms with Gasteiger partial charge in [0.25, 0.3) is 0 Å². The molecule has 0 aromatic carbocycles. The van der Waals surface area contributed by atoms with Crippen molar-refractivity contribution in [1.29, 1.82) is 0 Å². The van der Waals surface area contributed by atoms with Crippen molar-refractivity contribution in [3.05, 3.63) is 37.3 Å². The summed E-state index contributed by atoms with van der Waals surface area (Å²) in [5, 5.41) is 0. The minimum Gasteiger partial charge on any atom is -0.473 e. The van der Waals surface area contributed by atoms with E-state index in [1.807, 2.05) is 19.1 Å². The molecule has 0 unspecified atom stereocenters. The van der Waals surface area contributed by atoms with Gasteiger partial charge in [-0.05, 0) is 13.0 Å². The van der Waals surface area contributed by atoms with Crippen molar-refractivity contribution < 1.29 is 4.74 Å². The topological polar surface area (TPSA) is 9.23 Å². The van der Waals surface area contributed by atoms with Crippen molar-refractivity contribution in [2.24, 2.45) is 0 Å². The zero-order valence-corrected chi connectivity index (χ0v) is 5.00. The maximum absolute atomic E-state index is 4.67. The highest BCUT2D eigenvalue weighted by molar-refractivity contribution is 4.98. The third kappa shape index (κ3) is 5.02. The Morgan fingerprint density at radius 2 is 2.12 bits per heavy atom. The van der Waals surface area contributed by atoms with Gasteiger partial charge in [0, 0.05) is 0 Å². The fraction of sp³-hybridized carbons (Fsp3) is 0.143. The largest absolute Gasteiger partial charge is 0.473 e. The van der Waals surface area contributed by atoms with Gasteiger partial charge >= 0.3 is 0 Å². The lowest BCUT2D eigenvalue weighted by Crippen LogP contribution is -1.58. The summed E-state index contributed by atoms with van der Waals surface area (Å²) in [6.45, 7) is 5.30. The molecule has 0 aromatic rings. The number of hydrogen-bond donors (Lipinski definition) is 0.